The van der Waals surface area contributed by atoms with E-state index in [-0.39, 0.29) is 5.56 Å². The fourth-order valence-corrected chi connectivity index (χ4v) is 2.30. The Hall–Kier alpha value is -1.78. The molecule has 0 radical (unpaired) electrons. The van der Waals surface area contributed by atoms with E-state index >= 15 is 0 Å². The highest BCUT2D eigenvalue weighted by molar-refractivity contribution is 5.35. The van der Waals surface area contributed by atoms with Crippen molar-refractivity contribution in [2.75, 3.05) is 0 Å². The second kappa shape index (κ2) is 6.59. The van der Waals surface area contributed by atoms with Gasteiger partial charge < -0.3 is 0 Å². The Morgan fingerprint density at radius 1 is 1.05 bits per heavy atom. The molecule has 0 bridgehead atoms. The van der Waals surface area contributed by atoms with Gasteiger partial charge in [-0.3, -0.25) is 5.84 Å². The number of aryl methyl sites for hydroxylation is 1. The van der Waals surface area contributed by atoms with Crippen molar-refractivity contribution in [3.8, 4) is 0 Å². The molecule has 0 aromatic heterocycles. The lowest BCUT2D eigenvalue weighted by Crippen LogP contribution is -2.30. The Labute approximate surface area is 117 Å². The molecule has 0 spiro atoms. The van der Waals surface area contributed by atoms with Gasteiger partial charge in [-0.1, -0.05) is 43.7 Å². The highest BCUT2D eigenvalue weighted by Gasteiger charge is 2.20. The number of nitrogens with one attached hydrogen (secondary N) is 1. The molecule has 0 fully saturated rings. The lowest BCUT2D eigenvalue weighted by molar-refractivity contribution is 0.510. The zero-order valence-corrected chi connectivity index (χ0v) is 11.4. The minimum absolute atomic E-state index is 0.0572. The molecule has 0 aliphatic rings. The summed E-state index contributed by atoms with van der Waals surface area (Å²) in [4.78, 5) is 0. The predicted molar refractivity (Wildman–Crippen MR) is 76.0 cm³/mol. The minimum Gasteiger partial charge on any atom is -0.271 e. The van der Waals surface area contributed by atoms with E-state index in [0.717, 1.165) is 18.4 Å². The van der Waals surface area contributed by atoms with Crippen molar-refractivity contribution in [2.45, 2.75) is 25.8 Å². The van der Waals surface area contributed by atoms with E-state index in [1.54, 1.807) is 0 Å². The molecular formula is C16H18F2N2. The maximum Gasteiger partial charge on any atom is 0.131 e. The third kappa shape index (κ3) is 3.03. The highest BCUT2D eigenvalue weighted by Crippen LogP contribution is 2.26. The molecule has 1 unspecified atom stereocenters. The molecular weight excluding hydrogens is 258 g/mol. The summed E-state index contributed by atoms with van der Waals surface area (Å²) in [6.07, 6.45) is 2.04. The van der Waals surface area contributed by atoms with E-state index in [0.29, 0.717) is 0 Å². The van der Waals surface area contributed by atoms with Crippen LogP contribution in [0, 0.1) is 11.6 Å². The molecule has 2 nitrogen and oxygen atoms in total. The van der Waals surface area contributed by atoms with E-state index in [4.69, 9.17) is 5.84 Å². The Bertz CT molecular complexity index is 547. The van der Waals surface area contributed by atoms with Crippen LogP contribution in [0.4, 0.5) is 8.78 Å². The summed E-state index contributed by atoms with van der Waals surface area (Å²) in [6.45, 7) is 2.10. The number of halogens is 2. The van der Waals surface area contributed by atoms with Gasteiger partial charge in [-0.15, -0.1) is 0 Å². The highest BCUT2D eigenvalue weighted by atomic mass is 19.1. The molecule has 0 aliphatic heterocycles. The summed E-state index contributed by atoms with van der Waals surface area (Å²) >= 11 is 0. The van der Waals surface area contributed by atoms with Crippen LogP contribution in [0.1, 0.15) is 36.1 Å². The molecule has 4 heteroatoms. The van der Waals surface area contributed by atoms with Crippen LogP contribution in [-0.2, 0) is 6.42 Å². The van der Waals surface area contributed by atoms with Crippen molar-refractivity contribution >= 4 is 0 Å². The first-order chi connectivity index (χ1) is 9.67. The van der Waals surface area contributed by atoms with E-state index in [1.807, 2.05) is 24.3 Å². The standard InChI is InChI=1S/C16H18F2N2/c1-2-4-11-7-9-12(10-8-11)16(20-19)15-13(17)5-3-6-14(15)18/h3,5-10,16,20H,2,4,19H2,1H3. The number of nitrogens with two attached hydrogens (primary N) is 1. The number of hydrogen-bond acceptors (Lipinski definition) is 2. The SMILES string of the molecule is CCCc1ccc(C(NN)c2c(F)cccc2F)cc1. The van der Waals surface area contributed by atoms with Crippen molar-refractivity contribution in [2.24, 2.45) is 5.84 Å². The first kappa shape index (κ1) is 14.6. The summed E-state index contributed by atoms with van der Waals surface area (Å²) in [5.74, 6) is 4.28. The molecule has 0 saturated carbocycles. The molecule has 2 aromatic rings. The number of rotatable bonds is 5. The van der Waals surface area contributed by atoms with Gasteiger partial charge in [0.15, 0.2) is 0 Å². The van der Waals surface area contributed by atoms with Gasteiger partial charge in [0.1, 0.15) is 11.6 Å². The summed E-state index contributed by atoms with van der Waals surface area (Å²) < 4.78 is 27.7. The second-order valence-corrected chi connectivity index (χ2v) is 4.73. The van der Waals surface area contributed by atoms with Gasteiger partial charge in [0.2, 0.25) is 0 Å². The van der Waals surface area contributed by atoms with Crippen molar-refractivity contribution < 1.29 is 8.78 Å². The van der Waals surface area contributed by atoms with Gasteiger partial charge in [0.25, 0.3) is 0 Å². The van der Waals surface area contributed by atoms with Gasteiger partial charge in [-0.2, -0.15) is 0 Å². The average molecular weight is 276 g/mol. The molecule has 20 heavy (non-hydrogen) atoms. The maximum atomic E-state index is 13.8. The van der Waals surface area contributed by atoms with Crippen LogP contribution < -0.4 is 11.3 Å². The number of benzene rings is 2. The zero-order chi connectivity index (χ0) is 14.5. The molecule has 0 heterocycles. The quantitative estimate of drug-likeness (QED) is 0.648. The van der Waals surface area contributed by atoms with Crippen LogP contribution in [0.25, 0.3) is 0 Å². The summed E-state index contributed by atoms with van der Waals surface area (Å²) in [7, 11) is 0. The van der Waals surface area contributed by atoms with Crippen LogP contribution in [0.5, 0.6) is 0 Å². The normalized spacial score (nSPS) is 12.4. The second-order valence-electron chi connectivity index (χ2n) is 4.73. The smallest absolute Gasteiger partial charge is 0.131 e. The molecule has 2 rings (SSSR count). The maximum absolute atomic E-state index is 13.8. The van der Waals surface area contributed by atoms with Crippen LogP contribution in [-0.4, -0.2) is 0 Å². The molecule has 0 amide bonds. The van der Waals surface area contributed by atoms with Gasteiger partial charge in [0, 0.05) is 5.56 Å². The largest absolute Gasteiger partial charge is 0.271 e. The number of hydrogen-bond donors (Lipinski definition) is 2. The molecule has 3 N–H and O–H groups in total. The van der Waals surface area contributed by atoms with Gasteiger partial charge in [0.05, 0.1) is 6.04 Å². The summed E-state index contributed by atoms with van der Waals surface area (Å²) in [5, 5.41) is 0. The first-order valence-electron chi connectivity index (χ1n) is 6.66. The van der Waals surface area contributed by atoms with Crippen molar-refractivity contribution in [1.82, 2.24) is 5.43 Å². The third-order valence-corrected chi connectivity index (χ3v) is 3.31. The predicted octanol–water partition coefficient (Wildman–Crippen LogP) is 3.47. The van der Waals surface area contributed by atoms with E-state index < -0.39 is 17.7 Å². The van der Waals surface area contributed by atoms with Crippen molar-refractivity contribution in [1.29, 1.82) is 0 Å². The van der Waals surface area contributed by atoms with Gasteiger partial charge in [-0.25, -0.2) is 14.2 Å². The summed E-state index contributed by atoms with van der Waals surface area (Å²) in [6, 6.07) is 10.7. The Morgan fingerprint density at radius 2 is 1.65 bits per heavy atom. The van der Waals surface area contributed by atoms with E-state index in [2.05, 4.69) is 12.3 Å². The first-order valence-corrected chi connectivity index (χ1v) is 6.66. The Kier molecular flexibility index (Phi) is 4.82. The van der Waals surface area contributed by atoms with E-state index in [9.17, 15) is 8.78 Å². The van der Waals surface area contributed by atoms with Crippen molar-refractivity contribution in [3.05, 3.63) is 70.8 Å². The monoisotopic (exact) mass is 276 g/mol. The van der Waals surface area contributed by atoms with E-state index in [1.165, 1.54) is 23.8 Å². The van der Waals surface area contributed by atoms with Crippen LogP contribution in [0.2, 0.25) is 0 Å². The van der Waals surface area contributed by atoms with Gasteiger partial charge in [-0.05, 0) is 29.7 Å². The lowest BCUT2D eigenvalue weighted by atomic mass is 9.96. The third-order valence-electron chi connectivity index (χ3n) is 3.31. The lowest BCUT2D eigenvalue weighted by Gasteiger charge is -2.18. The molecule has 2 aromatic carbocycles. The van der Waals surface area contributed by atoms with Gasteiger partial charge >= 0.3 is 0 Å². The topological polar surface area (TPSA) is 38.0 Å². The van der Waals surface area contributed by atoms with Crippen LogP contribution >= 0.6 is 0 Å². The molecule has 1 atom stereocenters. The van der Waals surface area contributed by atoms with Crippen LogP contribution in [0.15, 0.2) is 42.5 Å². The van der Waals surface area contributed by atoms with Crippen molar-refractivity contribution in [3.63, 3.8) is 0 Å². The average Bonchev–Trinajstić information content (AvgIpc) is 2.45. The Morgan fingerprint density at radius 3 is 2.15 bits per heavy atom. The summed E-state index contributed by atoms with van der Waals surface area (Å²) in [5.41, 5.74) is 4.36. The zero-order valence-electron chi connectivity index (χ0n) is 11.4. The fourth-order valence-electron chi connectivity index (χ4n) is 2.30. The fraction of sp³-hybridized carbons (Fsp3) is 0.250. The van der Waals surface area contributed by atoms with Crippen LogP contribution in [0.3, 0.4) is 0 Å². The molecule has 106 valence electrons. The minimum atomic E-state index is -0.702. The number of hydrazine groups is 1. The molecule has 0 saturated heterocycles. The molecule has 0 aliphatic carbocycles. The Balaban J connectivity index is 2.37.